The van der Waals surface area contributed by atoms with E-state index in [0.29, 0.717) is 30.2 Å². The van der Waals surface area contributed by atoms with Crippen molar-refractivity contribution in [3.05, 3.63) is 95.7 Å². The maximum Gasteiger partial charge on any atom is 0.232 e. The fourth-order valence-corrected chi connectivity index (χ4v) is 3.94. The lowest BCUT2D eigenvalue weighted by molar-refractivity contribution is -0.121. The average molecular weight is 399 g/mol. The highest BCUT2D eigenvalue weighted by Crippen LogP contribution is 2.43. The van der Waals surface area contributed by atoms with Gasteiger partial charge in [0.05, 0.1) is 5.92 Å². The molecule has 2 N–H and O–H groups in total. The molecule has 5 heteroatoms. The third kappa shape index (κ3) is 3.33. The van der Waals surface area contributed by atoms with Gasteiger partial charge in [0.15, 0.2) is 0 Å². The number of para-hydroxylation sites is 3. The van der Waals surface area contributed by atoms with Crippen molar-refractivity contribution in [3.63, 3.8) is 0 Å². The van der Waals surface area contributed by atoms with Crippen LogP contribution in [0.3, 0.4) is 0 Å². The van der Waals surface area contributed by atoms with Gasteiger partial charge in [-0.25, -0.2) is 0 Å². The molecule has 2 heterocycles. The number of ether oxygens (including phenoxy) is 1. The maximum absolute atomic E-state index is 13.1. The molecule has 1 aliphatic rings. The van der Waals surface area contributed by atoms with Gasteiger partial charge in [0.2, 0.25) is 5.91 Å². The van der Waals surface area contributed by atoms with Gasteiger partial charge in [-0.15, -0.1) is 0 Å². The first kappa shape index (κ1) is 18.5. The maximum atomic E-state index is 13.1. The number of furan rings is 1. The minimum Gasteiger partial charge on any atom is -0.458 e. The minimum atomic E-state index is -0.785. The molecule has 0 aliphatic carbocycles. The summed E-state index contributed by atoms with van der Waals surface area (Å²) in [6, 6.07) is 24.6. The summed E-state index contributed by atoms with van der Waals surface area (Å²) in [7, 11) is 0. The fraction of sp³-hybridized carbons (Fsp3) is 0.160. The topological polar surface area (TPSA) is 71.7 Å². The minimum absolute atomic E-state index is 0.116. The Balaban J connectivity index is 1.30. The second kappa shape index (κ2) is 7.69. The van der Waals surface area contributed by atoms with Crippen LogP contribution in [0.1, 0.15) is 35.3 Å². The second-order valence-electron chi connectivity index (χ2n) is 7.39. The van der Waals surface area contributed by atoms with Crippen molar-refractivity contribution < 1.29 is 19.1 Å². The van der Waals surface area contributed by atoms with Gasteiger partial charge >= 0.3 is 0 Å². The Morgan fingerprint density at radius 3 is 2.27 bits per heavy atom. The van der Waals surface area contributed by atoms with Crippen molar-refractivity contribution in [3.8, 4) is 11.5 Å². The molecule has 4 aromatic rings. The molecule has 30 heavy (non-hydrogen) atoms. The van der Waals surface area contributed by atoms with Crippen LogP contribution in [0.15, 0.2) is 83.3 Å². The molecular formula is C25H21NO4. The van der Waals surface area contributed by atoms with E-state index in [1.165, 1.54) is 0 Å². The van der Waals surface area contributed by atoms with Crippen LogP contribution in [0.4, 0.5) is 0 Å². The number of nitrogens with one attached hydrogen (secondary N) is 1. The Labute approximate surface area is 173 Å². The first-order valence-electron chi connectivity index (χ1n) is 10.0. The molecule has 0 spiro atoms. The number of rotatable bonds is 5. The standard InChI is InChI=1S/C25H21NO4/c27-19(23-15-16-7-1-4-10-20(16)29-23)13-14-26-25(28)24-17-8-2-5-11-21(17)30-22-12-6-3-9-18(22)24/h1-12,15,19,24,27H,13-14H2,(H,26,28)/t19-/m0/s1. The van der Waals surface area contributed by atoms with Gasteiger partial charge in [-0.2, -0.15) is 0 Å². The zero-order valence-corrected chi connectivity index (χ0v) is 16.2. The number of benzene rings is 3. The highest BCUT2D eigenvalue weighted by Gasteiger charge is 2.32. The Morgan fingerprint density at radius 1 is 0.933 bits per heavy atom. The molecule has 1 atom stereocenters. The van der Waals surface area contributed by atoms with Crippen molar-refractivity contribution in [2.45, 2.75) is 18.4 Å². The van der Waals surface area contributed by atoms with E-state index in [0.717, 1.165) is 22.1 Å². The lowest BCUT2D eigenvalue weighted by atomic mass is 9.87. The molecule has 0 saturated carbocycles. The summed E-state index contributed by atoms with van der Waals surface area (Å²) in [5.41, 5.74) is 2.42. The van der Waals surface area contributed by atoms with E-state index >= 15 is 0 Å². The molecule has 0 radical (unpaired) electrons. The van der Waals surface area contributed by atoms with Crippen molar-refractivity contribution in [2.75, 3.05) is 6.54 Å². The van der Waals surface area contributed by atoms with E-state index in [1.54, 1.807) is 0 Å². The van der Waals surface area contributed by atoms with E-state index in [4.69, 9.17) is 9.15 Å². The van der Waals surface area contributed by atoms with E-state index in [-0.39, 0.29) is 5.91 Å². The van der Waals surface area contributed by atoms with Crippen LogP contribution in [0, 0.1) is 0 Å². The van der Waals surface area contributed by atoms with Crippen LogP contribution >= 0.6 is 0 Å². The first-order valence-corrected chi connectivity index (χ1v) is 10.0. The molecule has 0 unspecified atom stereocenters. The molecule has 5 nitrogen and oxygen atoms in total. The van der Waals surface area contributed by atoms with Gasteiger partial charge in [0.25, 0.3) is 0 Å². The number of aliphatic hydroxyl groups is 1. The number of carbonyl (C=O) groups excluding carboxylic acids is 1. The van der Waals surface area contributed by atoms with E-state index < -0.39 is 12.0 Å². The largest absolute Gasteiger partial charge is 0.458 e. The summed E-state index contributed by atoms with van der Waals surface area (Å²) >= 11 is 0. The Kier molecular flexibility index (Phi) is 4.73. The van der Waals surface area contributed by atoms with Crippen LogP contribution < -0.4 is 10.1 Å². The van der Waals surface area contributed by atoms with Crippen molar-refractivity contribution in [1.82, 2.24) is 5.32 Å². The lowest BCUT2D eigenvalue weighted by Gasteiger charge is -2.27. The van der Waals surface area contributed by atoms with Crippen LogP contribution in [0.25, 0.3) is 11.0 Å². The number of hydrogen-bond donors (Lipinski definition) is 2. The summed E-state index contributed by atoms with van der Waals surface area (Å²) in [4.78, 5) is 13.1. The third-order valence-electron chi connectivity index (χ3n) is 5.43. The Morgan fingerprint density at radius 2 is 1.57 bits per heavy atom. The van der Waals surface area contributed by atoms with Crippen molar-refractivity contribution >= 4 is 16.9 Å². The molecule has 1 aromatic heterocycles. The number of hydrogen-bond acceptors (Lipinski definition) is 4. The van der Waals surface area contributed by atoms with Crippen molar-refractivity contribution in [2.24, 2.45) is 0 Å². The van der Waals surface area contributed by atoms with Gasteiger partial charge in [-0.1, -0.05) is 54.6 Å². The van der Waals surface area contributed by atoms with Gasteiger partial charge in [-0.3, -0.25) is 4.79 Å². The summed E-state index contributed by atoms with van der Waals surface area (Å²) in [5.74, 6) is 1.33. The third-order valence-corrected chi connectivity index (χ3v) is 5.43. The summed E-state index contributed by atoms with van der Waals surface area (Å²) in [6.45, 7) is 0.332. The normalized spacial score (nSPS) is 13.9. The molecule has 0 saturated heterocycles. The lowest BCUT2D eigenvalue weighted by Crippen LogP contribution is -2.32. The summed E-state index contributed by atoms with van der Waals surface area (Å²) in [5, 5.41) is 14.4. The molecule has 3 aromatic carbocycles. The molecule has 1 aliphatic heterocycles. The van der Waals surface area contributed by atoms with Crippen molar-refractivity contribution in [1.29, 1.82) is 0 Å². The predicted octanol–water partition coefficient (Wildman–Crippen LogP) is 4.91. The monoisotopic (exact) mass is 399 g/mol. The molecule has 5 rings (SSSR count). The van der Waals surface area contributed by atoms with Crippen LogP contribution in [0.2, 0.25) is 0 Å². The van der Waals surface area contributed by atoms with Crippen LogP contribution in [-0.2, 0) is 4.79 Å². The smallest absolute Gasteiger partial charge is 0.232 e. The molecule has 0 bridgehead atoms. The first-order chi connectivity index (χ1) is 14.7. The predicted molar refractivity (Wildman–Crippen MR) is 114 cm³/mol. The summed E-state index contributed by atoms with van der Waals surface area (Å²) < 4.78 is 11.7. The number of aliphatic hydroxyl groups excluding tert-OH is 1. The second-order valence-corrected chi connectivity index (χ2v) is 7.39. The molecule has 0 fully saturated rings. The highest BCUT2D eigenvalue weighted by molar-refractivity contribution is 5.89. The molecule has 150 valence electrons. The molecule has 1 amide bonds. The van der Waals surface area contributed by atoms with Gasteiger partial charge < -0.3 is 19.6 Å². The van der Waals surface area contributed by atoms with Gasteiger partial charge in [-0.05, 0) is 30.7 Å². The van der Waals surface area contributed by atoms with E-state index in [2.05, 4.69) is 5.32 Å². The van der Waals surface area contributed by atoms with Crippen LogP contribution in [0.5, 0.6) is 11.5 Å². The number of amides is 1. The van der Waals surface area contributed by atoms with E-state index in [9.17, 15) is 9.90 Å². The highest BCUT2D eigenvalue weighted by atomic mass is 16.5. The average Bonchev–Trinajstić information content (AvgIpc) is 3.21. The zero-order valence-electron chi connectivity index (χ0n) is 16.2. The SMILES string of the molecule is O=C(NCC[C@H](O)c1cc2ccccc2o1)C1c2ccccc2Oc2ccccc21. The van der Waals surface area contributed by atoms with Gasteiger partial charge in [0.1, 0.15) is 28.9 Å². The summed E-state index contributed by atoms with van der Waals surface area (Å²) in [6.07, 6.45) is -0.426. The number of fused-ring (bicyclic) bond motifs is 3. The van der Waals surface area contributed by atoms with E-state index in [1.807, 2.05) is 78.9 Å². The fourth-order valence-electron chi connectivity index (χ4n) is 3.94. The number of carbonyl (C=O) groups is 1. The zero-order chi connectivity index (χ0) is 20.5. The Bertz CT molecular complexity index is 1130. The molecular weight excluding hydrogens is 378 g/mol. The van der Waals surface area contributed by atoms with Crippen LogP contribution in [-0.4, -0.2) is 17.6 Å². The quantitative estimate of drug-likeness (QED) is 0.500. The Hall–Kier alpha value is -3.57. The van der Waals surface area contributed by atoms with Gasteiger partial charge in [0, 0.05) is 23.1 Å².